The topological polar surface area (TPSA) is 88.3 Å². The van der Waals surface area contributed by atoms with Crippen LogP contribution in [0.1, 0.15) is 69.5 Å². The largest absolute Gasteiger partial charge is 0.361 e. The van der Waals surface area contributed by atoms with Crippen molar-refractivity contribution in [3.63, 3.8) is 0 Å². The van der Waals surface area contributed by atoms with E-state index >= 15 is 0 Å². The third-order valence-corrected chi connectivity index (χ3v) is 5.67. The maximum absolute atomic E-state index is 12.9. The highest BCUT2D eigenvalue weighted by Gasteiger charge is 2.29. The summed E-state index contributed by atoms with van der Waals surface area (Å²) in [5.41, 5.74) is 2.71. The second kappa shape index (κ2) is 7.73. The minimum atomic E-state index is -0.0650. The molecule has 0 bridgehead atoms. The molecule has 0 spiro atoms. The van der Waals surface area contributed by atoms with Crippen molar-refractivity contribution in [3.8, 4) is 0 Å². The highest BCUT2D eigenvalue weighted by atomic mass is 16.5. The molecule has 1 aliphatic heterocycles. The lowest BCUT2D eigenvalue weighted by Gasteiger charge is -2.32. The second-order valence-corrected chi connectivity index (χ2v) is 7.91. The fourth-order valence-corrected chi connectivity index (χ4v) is 3.79. The van der Waals surface area contributed by atoms with Gasteiger partial charge in [-0.05, 0) is 57.6 Å². The predicted octanol–water partition coefficient (Wildman–Crippen LogP) is 2.85. The molecule has 1 atom stereocenters. The molecule has 2 amide bonds. The molecule has 7 heteroatoms. The van der Waals surface area contributed by atoms with Gasteiger partial charge in [0.1, 0.15) is 11.3 Å². The third-order valence-electron chi connectivity index (χ3n) is 5.67. The van der Waals surface area contributed by atoms with Gasteiger partial charge in [-0.1, -0.05) is 5.16 Å². The number of nitrogens with zero attached hydrogens (tertiary/aromatic N) is 3. The maximum atomic E-state index is 12.9. The zero-order chi connectivity index (χ0) is 19.7. The quantitative estimate of drug-likeness (QED) is 0.859. The Bertz CT molecular complexity index is 851. The van der Waals surface area contributed by atoms with Gasteiger partial charge >= 0.3 is 0 Å². The van der Waals surface area contributed by atoms with E-state index in [0.717, 1.165) is 31.6 Å². The van der Waals surface area contributed by atoms with Gasteiger partial charge in [0.25, 0.3) is 11.8 Å². The highest BCUT2D eigenvalue weighted by molar-refractivity contribution is 5.96. The molecule has 3 heterocycles. The lowest BCUT2D eigenvalue weighted by Crippen LogP contribution is -2.39. The smallest absolute Gasteiger partial charge is 0.259 e. The minimum absolute atomic E-state index is 0.0305. The number of carbonyl (C=O) groups excluding carboxylic acids is 2. The van der Waals surface area contributed by atoms with E-state index in [1.807, 2.05) is 17.0 Å². The van der Waals surface area contributed by atoms with Gasteiger partial charge in [0.05, 0.1) is 11.3 Å². The summed E-state index contributed by atoms with van der Waals surface area (Å²) in [6.45, 7) is 5.65. The van der Waals surface area contributed by atoms with Gasteiger partial charge in [-0.2, -0.15) is 0 Å². The summed E-state index contributed by atoms with van der Waals surface area (Å²) in [6, 6.07) is 3.75. The highest BCUT2D eigenvalue weighted by Crippen LogP contribution is 2.29. The molecule has 0 radical (unpaired) electrons. The second-order valence-electron chi connectivity index (χ2n) is 7.91. The van der Waals surface area contributed by atoms with E-state index in [-0.39, 0.29) is 17.7 Å². The Morgan fingerprint density at radius 2 is 2.07 bits per heavy atom. The summed E-state index contributed by atoms with van der Waals surface area (Å²) in [7, 11) is 0. The van der Waals surface area contributed by atoms with Crippen LogP contribution < -0.4 is 5.32 Å². The summed E-state index contributed by atoms with van der Waals surface area (Å²) in [5.74, 6) is 1.28. The van der Waals surface area contributed by atoms with Gasteiger partial charge < -0.3 is 14.7 Å². The van der Waals surface area contributed by atoms with Gasteiger partial charge in [-0.3, -0.25) is 14.6 Å². The minimum Gasteiger partial charge on any atom is -0.361 e. The van der Waals surface area contributed by atoms with Gasteiger partial charge in [-0.15, -0.1) is 0 Å². The average Bonchev–Trinajstić information content (AvgIpc) is 3.49. The summed E-state index contributed by atoms with van der Waals surface area (Å²) in [6.07, 6.45) is 5.97. The molecule has 1 aliphatic carbocycles. The molecule has 1 saturated carbocycles. The monoisotopic (exact) mass is 382 g/mol. The van der Waals surface area contributed by atoms with E-state index in [9.17, 15) is 9.59 Å². The number of nitrogens with one attached hydrogen (secondary N) is 1. The predicted molar refractivity (Wildman–Crippen MR) is 103 cm³/mol. The number of amides is 2. The molecule has 0 aromatic carbocycles. The molecule has 7 nitrogen and oxygen atoms in total. The number of aromatic nitrogens is 2. The SMILES string of the molecule is Cc1noc(C)c1C(=O)N1CCC[C@H](c2ccc(C(=O)NCC3CC3)cn2)C1. The molecule has 4 rings (SSSR count). The average molecular weight is 382 g/mol. The summed E-state index contributed by atoms with van der Waals surface area (Å²) < 4.78 is 5.15. The Balaban J connectivity index is 1.41. The Morgan fingerprint density at radius 1 is 1.25 bits per heavy atom. The van der Waals surface area contributed by atoms with Gasteiger partial charge in [0, 0.05) is 37.4 Å². The van der Waals surface area contributed by atoms with Crippen molar-refractivity contribution in [2.24, 2.45) is 5.92 Å². The van der Waals surface area contributed by atoms with E-state index in [1.54, 1.807) is 20.0 Å². The molecule has 28 heavy (non-hydrogen) atoms. The van der Waals surface area contributed by atoms with E-state index in [1.165, 1.54) is 12.8 Å². The molecule has 2 fully saturated rings. The first-order valence-electron chi connectivity index (χ1n) is 9.99. The molecule has 1 N–H and O–H groups in total. The zero-order valence-corrected chi connectivity index (χ0v) is 16.4. The first-order valence-corrected chi connectivity index (χ1v) is 9.99. The maximum Gasteiger partial charge on any atom is 0.259 e. The van der Waals surface area contributed by atoms with Crippen LogP contribution in [-0.2, 0) is 0 Å². The van der Waals surface area contributed by atoms with Crippen LogP contribution in [0.4, 0.5) is 0 Å². The first kappa shape index (κ1) is 18.7. The van der Waals surface area contributed by atoms with Crippen molar-refractivity contribution < 1.29 is 14.1 Å². The van der Waals surface area contributed by atoms with E-state index < -0.39 is 0 Å². The van der Waals surface area contributed by atoms with Gasteiger partial charge in [0.2, 0.25) is 0 Å². The van der Waals surface area contributed by atoms with Crippen LogP contribution in [0.3, 0.4) is 0 Å². The summed E-state index contributed by atoms with van der Waals surface area (Å²) in [5, 5.41) is 6.85. The first-order chi connectivity index (χ1) is 13.5. The molecule has 0 unspecified atom stereocenters. The molecular formula is C21H26N4O3. The number of carbonyl (C=O) groups is 2. The standard InChI is InChI=1S/C21H26N4O3/c1-13-19(14(2)28-24-13)21(27)25-9-3-4-17(12-25)18-8-7-16(11-22-18)20(26)23-10-15-5-6-15/h7-8,11,15,17H,3-6,9-10,12H2,1-2H3,(H,23,26)/t17-/m0/s1. The van der Waals surface area contributed by atoms with E-state index in [2.05, 4.69) is 15.5 Å². The third kappa shape index (κ3) is 3.93. The number of rotatable bonds is 5. The Morgan fingerprint density at radius 3 is 2.71 bits per heavy atom. The Labute approximate surface area is 164 Å². The van der Waals surface area contributed by atoms with Gasteiger partial charge in [0.15, 0.2) is 0 Å². The number of hydrogen-bond donors (Lipinski definition) is 1. The van der Waals surface area contributed by atoms with Crippen molar-refractivity contribution in [2.45, 2.75) is 45.4 Å². The Hall–Kier alpha value is -2.70. The van der Waals surface area contributed by atoms with Crippen molar-refractivity contribution in [3.05, 3.63) is 46.6 Å². The normalized spacial score (nSPS) is 19.5. The van der Waals surface area contributed by atoms with Crippen LogP contribution >= 0.6 is 0 Å². The van der Waals surface area contributed by atoms with Crippen LogP contribution in [-0.4, -0.2) is 46.5 Å². The van der Waals surface area contributed by atoms with Crippen LogP contribution in [0.25, 0.3) is 0 Å². The van der Waals surface area contributed by atoms with Gasteiger partial charge in [-0.25, -0.2) is 0 Å². The number of piperidine rings is 1. The molecule has 2 aromatic rings. The Kier molecular flexibility index (Phi) is 5.15. The number of likely N-dealkylation sites (tertiary alicyclic amines) is 1. The number of aryl methyl sites for hydroxylation is 2. The van der Waals surface area contributed by atoms with Crippen molar-refractivity contribution in [2.75, 3.05) is 19.6 Å². The molecule has 2 aliphatic rings. The fraction of sp³-hybridized carbons (Fsp3) is 0.524. The van der Waals surface area contributed by atoms with Crippen molar-refractivity contribution in [1.82, 2.24) is 20.4 Å². The van der Waals surface area contributed by atoms with Crippen LogP contribution in [0.2, 0.25) is 0 Å². The lowest BCUT2D eigenvalue weighted by atomic mass is 9.93. The van der Waals surface area contributed by atoms with E-state index in [0.29, 0.717) is 35.0 Å². The molecule has 1 saturated heterocycles. The van der Waals surface area contributed by atoms with Crippen LogP contribution in [0.15, 0.2) is 22.9 Å². The fourth-order valence-electron chi connectivity index (χ4n) is 3.79. The summed E-state index contributed by atoms with van der Waals surface area (Å²) in [4.78, 5) is 31.5. The zero-order valence-electron chi connectivity index (χ0n) is 16.4. The van der Waals surface area contributed by atoms with E-state index in [4.69, 9.17) is 4.52 Å². The molecule has 2 aromatic heterocycles. The number of pyridine rings is 1. The van der Waals surface area contributed by atoms with Crippen molar-refractivity contribution >= 4 is 11.8 Å². The number of hydrogen-bond acceptors (Lipinski definition) is 5. The molecular weight excluding hydrogens is 356 g/mol. The van der Waals surface area contributed by atoms with Crippen molar-refractivity contribution in [1.29, 1.82) is 0 Å². The lowest BCUT2D eigenvalue weighted by molar-refractivity contribution is 0.0703. The molecule has 148 valence electrons. The van der Waals surface area contributed by atoms with Crippen LogP contribution in [0, 0.1) is 19.8 Å². The van der Waals surface area contributed by atoms with Crippen LogP contribution in [0.5, 0.6) is 0 Å². The summed E-state index contributed by atoms with van der Waals surface area (Å²) >= 11 is 0.